The minimum atomic E-state index is -3.84. The molecule has 0 aliphatic heterocycles. The zero-order valence-electron chi connectivity index (χ0n) is 21.0. The van der Waals surface area contributed by atoms with Gasteiger partial charge in [-0.15, -0.1) is 0 Å². The summed E-state index contributed by atoms with van der Waals surface area (Å²) >= 11 is 3.40. The Kier molecular flexibility index (Phi) is 10.1. The Labute approximate surface area is 216 Å². The van der Waals surface area contributed by atoms with Crippen molar-refractivity contribution in [1.82, 2.24) is 10.2 Å². The molecule has 0 aromatic heterocycles. The third-order valence-corrected chi connectivity index (χ3v) is 7.37. The second-order valence-electron chi connectivity index (χ2n) is 8.59. The van der Waals surface area contributed by atoms with Crippen LogP contribution < -0.4 is 14.4 Å². The molecule has 0 saturated carbocycles. The number of carbonyl (C=O) groups excluding carboxylic acids is 2. The lowest BCUT2D eigenvalue weighted by Crippen LogP contribution is -2.52. The van der Waals surface area contributed by atoms with Gasteiger partial charge in [-0.1, -0.05) is 41.1 Å². The smallest absolute Gasteiger partial charge is 0.244 e. The van der Waals surface area contributed by atoms with Crippen LogP contribution in [0.2, 0.25) is 0 Å². The number of amides is 2. The van der Waals surface area contributed by atoms with E-state index in [9.17, 15) is 18.0 Å². The number of ether oxygens (including phenoxy) is 1. The minimum Gasteiger partial charge on any atom is -0.495 e. The second-order valence-corrected chi connectivity index (χ2v) is 11.4. The van der Waals surface area contributed by atoms with Crippen LogP contribution in [-0.2, 0) is 26.2 Å². The fourth-order valence-electron chi connectivity index (χ4n) is 3.42. The summed E-state index contributed by atoms with van der Waals surface area (Å²) in [5, 5.41) is 2.91. The summed E-state index contributed by atoms with van der Waals surface area (Å²) in [5.74, 6) is -0.478. The Morgan fingerprint density at radius 3 is 2.29 bits per heavy atom. The highest BCUT2D eigenvalue weighted by molar-refractivity contribution is 9.10. The Morgan fingerprint density at radius 1 is 1.11 bits per heavy atom. The summed E-state index contributed by atoms with van der Waals surface area (Å²) in [6.45, 7) is 6.99. The molecule has 0 fully saturated rings. The number of hydrogen-bond donors (Lipinski definition) is 1. The molecule has 35 heavy (non-hydrogen) atoms. The van der Waals surface area contributed by atoms with Crippen molar-refractivity contribution in [3.05, 3.63) is 58.1 Å². The fraction of sp³-hybridized carbons (Fsp3) is 0.440. The highest BCUT2D eigenvalue weighted by Gasteiger charge is 2.31. The van der Waals surface area contributed by atoms with E-state index in [0.717, 1.165) is 32.6 Å². The Morgan fingerprint density at radius 2 is 1.74 bits per heavy atom. The first-order valence-corrected chi connectivity index (χ1v) is 14.0. The van der Waals surface area contributed by atoms with Gasteiger partial charge in [0, 0.05) is 17.1 Å². The van der Waals surface area contributed by atoms with Crippen molar-refractivity contribution in [2.75, 3.05) is 24.2 Å². The van der Waals surface area contributed by atoms with E-state index >= 15 is 0 Å². The van der Waals surface area contributed by atoms with Gasteiger partial charge in [0.15, 0.2) is 0 Å². The summed E-state index contributed by atoms with van der Waals surface area (Å²) in [5.41, 5.74) is 1.89. The quantitative estimate of drug-likeness (QED) is 0.444. The molecule has 2 rings (SSSR count). The van der Waals surface area contributed by atoms with Crippen molar-refractivity contribution < 1.29 is 22.7 Å². The number of nitrogens with zero attached hydrogens (tertiary/aromatic N) is 2. The molecule has 2 atom stereocenters. The molecule has 0 aliphatic rings. The van der Waals surface area contributed by atoms with Gasteiger partial charge in [0.1, 0.15) is 18.3 Å². The van der Waals surface area contributed by atoms with Crippen LogP contribution in [0.1, 0.15) is 38.3 Å². The number of methoxy groups -OCH3 is 1. The largest absolute Gasteiger partial charge is 0.495 e. The summed E-state index contributed by atoms with van der Waals surface area (Å²) in [6.07, 6.45) is 1.79. The van der Waals surface area contributed by atoms with E-state index in [0.29, 0.717) is 5.75 Å². The van der Waals surface area contributed by atoms with Crippen molar-refractivity contribution in [2.24, 2.45) is 0 Å². The summed E-state index contributed by atoms with van der Waals surface area (Å²) in [7, 11) is -2.40. The first kappa shape index (κ1) is 28.6. The molecule has 0 radical (unpaired) electrons. The second kappa shape index (κ2) is 12.4. The molecule has 2 amide bonds. The zero-order chi connectivity index (χ0) is 26.3. The van der Waals surface area contributed by atoms with E-state index in [-0.39, 0.29) is 24.2 Å². The molecular weight excluding hydrogens is 534 g/mol. The molecule has 2 aromatic rings. The van der Waals surface area contributed by atoms with E-state index in [1.165, 1.54) is 12.0 Å². The number of sulfonamides is 1. The average molecular weight is 569 g/mol. The lowest BCUT2D eigenvalue weighted by atomic mass is 10.1. The van der Waals surface area contributed by atoms with Crippen LogP contribution in [0.4, 0.5) is 5.69 Å². The fourth-order valence-corrected chi connectivity index (χ4v) is 4.53. The number of aryl methyl sites for hydroxylation is 1. The maximum absolute atomic E-state index is 13.6. The Bertz CT molecular complexity index is 1140. The van der Waals surface area contributed by atoms with Crippen LogP contribution in [0.15, 0.2) is 46.9 Å². The van der Waals surface area contributed by atoms with Gasteiger partial charge >= 0.3 is 0 Å². The van der Waals surface area contributed by atoms with Gasteiger partial charge in [-0.3, -0.25) is 13.9 Å². The topological polar surface area (TPSA) is 96.0 Å². The van der Waals surface area contributed by atoms with Crippen molar-refractivity contribution in [2.45, 2.75) is 52.7 Å². The third kappa shape index (κ3) is 7.96. The lowest BCUT2D eigenvalue weighted by molar-refractivity contribution is -0.139. The van der Waals surface area contributed by atoms with Crippen molar-refractivity contribution >= 4 is 43.5 Å². The average Bonchev–Trinajstić information content (AvgIpc) is 2.80. The van der Waals surface area contributed by atoms with Gasteiger partial charge in [0.05, 0.1) is 19.1 Å². The third-order valence-electron chi connectivity index (χ3n) is 5.72. The first-order valence-electron chi connectivity index (χ1n) is 11.3. The summed E-state index contributed by atoms with van der Waals surface area (Å²) in [6, 6.07) is 11.6. The van der Waals surface area contributed by atoms with Gasteiger partial charge in [-0.05, 0) is 62.6 Å². The molecule has 10 heteroatoms. The van der Waals surface area contributed by atoms with Crippen LogP contribution >= 0.6 is 15.9 Å². The number of halogens is 1. The van der Waals surface area contributed by atoms with Crippen LogP contribution in [0.3, 0.4) is 0 Å². The number of nitrogens with one attached hydrogen (secondary N) is 1. The van der Waals surface area contributed by atoms with E-state index in [1.54, 1.807) is 25.1 Å². The van der Waals surface area contributed by atoms with E-state index in [1.807, 2.05) is 45.0 Å². The maximum Gasteiger partial charge on any atom is 0.244 e. The molecule has 0 saturated heterocycles. The molecule has 8 nitrogen and oxygen atoms in total. The van der Waals surface area contributed by atoms with E-state index in [2.05, 4.69) is 21.2 Å². The molecule has 0 bridgehead atoms. The van der Waals surface area contributed by atoms with Crippen LogP contribution in [0.25, 0.3) is 0 Å². The monoisotopic (exact) mass is 567 g/mol. The highest BCUT2D eigenvalue weighted by Crippen LogP contribution is 2.31. The lowest BCUT2D eigenvalue weighted by Gasteiger charge is -2.32. The molecule has 0 aliphatic carbocycles. The molecule has 1 N–H and O–H groups in total. The van der Waals surface area contributed by atoms with E-state index < -0.39 is 28.5 Å². The minimum absolute atomic E-state index is 0.0568. The standard InChI is InChI=1S/C25H34BrN3O5S/c1-7-18(3)27-25(31)19(4)28(15-20-9-11-21(26)12-10-20)24(30)16-29(35(6,32)33)22-14-17(2)8-13-23(22)34-5/h8-14,18-19H,7,15-16H2,1-6H3,(H,27,31)/t18-,19-/m1/s1. The predicted octanol–water partition coefficient (Wildman–Crippen LogP) is 3.86. The maximum atomic E-state index is 13.6. The molecule has 0 heterocycles. The Balaban J connectivity index is 2.45. The van der Waals surface area contributed by atoms with Gasteiger partial charge in [-0.25, -0.2) is 8.42 Å². The molecular formula is C25H34BrN3O5S. The molecule has 2 aromatic carbocycles. The van der Waals surface area contributed by atoms with Gasteiger partial charge in [0.25, 0.3) is 0 Å². The van der Waals surface area contributed by atoms with Gasteiger partial charge in [-0.2, -0.15) is 0 Å². The van der Waals surface area contributed by atoms with Gasteiger partial charge in [0.2, 0.25) is 21.8 Å². The van der Waals surface area contributed by atoms with Crippen molar-refractivity contribution in [1.29, 1.82) is 0 Å². The van der Waals surface area contributed by atoms with Crippen molar-refractivity contribution in [3.8, 4) is 5.75 Å². The molecule has 0 spiro atoms. The molecule has 192 valence electrons. The normalized spacial score (nSPS) is 13.0. The van der Waals surface area contributed by atoms with Gasteiger partial charge < -0.3 is 15.0 Å². The number of rotatable bonds is 11. The van der Waals surface area contributed by atoms with Crippen LogP contribution in [-0.4, -0.2) is 57.1 Å². The predicted molar refractivity (Wildman–Crippen MR) is 142 cm³/mol. The Hall–Kier alpha value is -2.59. The van der Waals surface area contributed by atoms with Crippen molar-refractivity contribution in [3.63, 3.8) is 0 Å². The number of benzene rings is 2. The molecule has 0 unspecified atom stereocenters. The first-order chi connectivity index (χ1) is 16.4. The van der Waals surface area contributed by atoms with E-state index in [4.69, 9.17) is 4.74 Å². The SMILES string of the molecule is CC[C@@H](C)NC(=O)[C@@H](C)N(Cc1ccc(Br)cc1)C(=O)CN(c1cc(C)ccc1OC)S(C)(=O)=O. The summed E-state index contributed by atoms with van der Waals surface area (Å²) in [4.78, 5) is 28.0. The summed E-state index contributed by atoms with van der Waals surface area (Å²) < 4.78 is 32.8. The number of anilines is 1. The van der Waals surface area contributed by atoms with Crippen LogP contribution in [0.5, 0.6) is 5.75 Å². The van der Waals surface area contributed by atoms with Crippen LogP contribution in [0, 0.1) is 6.92 Å². The number of carbonyl (C=O) groups is 2. The highest BCUT2D eigenvalue weighted by atomic mass is 79.9. The number of hydrogen-bond acceptors (Lipinski definition) is 5. The zero-order valence-corrected chi connectivity index (χ0v) is 23.4.